The van der Waals surface area contributed by atoms with Crippen LogP contribution in [0.4, 0.5) is 0 Å². The molecular weight excluding hydrogens is 94.9 g/mol. The summed E-state index contributed by atoms with van der Waals surface area (Å²) in [6.07, 6.45) is 1.65. The van der Waals surface area contributed by atoms with Gasteiger partial charge in [0.05, 0.1) is 0 Å². The van der Waals surface area contributed by atoms with Crippen LogP contribution in [-0.4, -0.2) is 10.4 Å². The second kappa shape index (κ2) is 3.28. The first-order chi connectivity index (χ1) is 2.77. The summed E-state index contributed by atoms with van der Waals surface area (Å²) in [4.78, 5) is 0. The third-order valence-electron chi connectivity index (χ3n) is 0.328. The maximum absolute atomic E-state index is 9.60. The van der Waals surface area contributed by atoms with Crippen molar-refractivity contribution in [3.05, 3.63) is 0 Å². The molecular formula is C3H7BOS. The molecule has 0 rings (SSSR count). The van der Waals surface area contributed by atoms with Crippen LogP contribution < -0.4 is 0 Å². The molecule has 0 bridgehead atoms. The molecule has 6 heavy (non-hydrogen) atoms. The Labute approximate surface area is 41.9 Å². The van der Waals surface area contributed by atoms with Crippen LogP contribution in [-0.2, 0) is 11.1 Å². The van der Waals surface area contributed by atoms with Crippen LogP contribution in [0.1, 0.15) is 13.8 Å². The van der Waals surface area contributed by atoms with Crippen LogP contribution in [0.3, 0.4) is 0 Å². The molecule has 0 fully saturated rings. The summed E-state index contributed by atoms with van der Waals surface area (Å²) in [7, 11) is 0. The van der Waals surface area contributed by atoms with Gasteiger partial charge in [0.1, 0.15) is 0 Å². The van der Waals surface area contributed by atoms with Crippen molar-refractivity contribution in [1.82, 2.24) is 0 Å². The van der Waals surface area contributed by atoms with E-state index in [1.54, 1.807) is 6.15 Å². The molecule has 0 aromatic carbocycles. The molecule has 0 saturated carbocycles. The second-order valence-electron chi connectivity index (χ2n) is 1.48. The average molecular weight is 102 g/mol. The molecule has 0 aromatic rings. The van der Waals surface area contributed by atoms with Crippen molar-refractivity contribution in [3.8, 4) is 0 Å². The molecule has 0 saturated heterocycles. The fraction of sp³-hybridized carbons (Fsp3) is 1.00. The first-order valence-corrected chi connectivity index (χ1v) is 2.70. The van der Waals surface area contributed by atoms with Gasteiger partial charge < -0.3 is 0 Å². The zero-order valence-corrected chi connectivity index (χ0v) is 4.79. The molecule has 34 valence electrons. The van der Waals surface area contributed by atoms with Gasteiger partial charge in [0, 0.05) is 0 Å². The second-order valence-corrected chi connectivity index (χ2v) is 1.94. The Hall–Kier alpha value is 0.0849. The first kappa shape index (κ1) is 6.08. The Morgan fingerprint density at radius 2 is 2.17 bits per heavy atom. The van der Waals surface area contributed by atoms with Crippen molar-refractivity contribution >= 4 is 17.2 Å². The zero-order chi connectivity index (χ0) is 4.99. The molecule has 3 heteroatoms. The number of hydrogen-bond acceptors (Lipinski definition) is 1. The molecule has 0 amide bonds. The van der Waals surface area contributed by atoms with E-state index in [-0.39, 0.29) is 0 Å². The van der Waals surface area contributed by atoms with Gasteiger partial charge in [-0.1, -0.05) is 0 Å². The normalized spacial score (nSPS) is 7.83. The van der Waals surface area contributed by atoms with Gasteiger partial charge in [-0.2, -0.15) is 0 Å². The van der Waals surface area contributed by atoms with E-state index >= 15 is 0 Å². The molecule has 0 heterocycles. The summed E-state index contributed by atoms with van der Waals surface area (Å²) in [5.41, 5.74) is 0. The fourth-order valence-electron chi connectivity index (χ4n) is 0.111. The molecule has 0 aliphatic heterocycles. The van der Waals surface area contributed by atoms with Crippen LogP contribution in [0.5, 0.6) is 0 Å². The first-order valence-electron chi connectivity index (χ1n) is 1.89. The molecule has 1 nitrogen and oxygen atoms in total. The van der Waals surface area contributed by atoms with Crippen LogP contribution in [0, 0.1) is 0 Å². The Morgan fingerprint density at radius 3 is 2.17 bits per heavy atom. The van der Waals surface area contributed by atoms with Gasteiger partial charge in [-0.3, -0.25) is 0 Å². The van der Waals surface area contributed by atoms with Crippen molar-refractivity contribution < 1.29 is 4.21 Å². The quantitative estimate of drug-likeness (QED) is 0.444. The maximum atomic E-state index is 9.60. The fourth-order valence-corrected chi connectivity index (χ4v) is 0.333. The summed E-state index contributed by atoms with van der Waals surface area (Å²) < 4.78 is 9.60. The van der Waals surface area contributed by atoms with E-state index in [9.17, 15) is 4.21 Å². The van der Waals surface area contributed by atoms with E-state index in [0.717, 1.165) is 0 Å². The van der Waals surface area contributed by atoms with Gasteiger partial charge in [0.25, 0.3) is 0 Å². The third kappa shape index (κ3) is 4.08. The minimum atomic E-state index is 0.424. The number of rotatable bonds is 1. The molecule has 0 unspecified atom stereocenters. The van der Waals surface area contributed by atoms with Gasteiger partial charge >= 0.3 is 41.1 Å². The van der Waals surface area contributed by atoms with Crippen LogP contribution in [0.15, 0.2) is 0 Å². The van der Waals surface area contributed by atoms with Crippen LogP contribution in [0.2, 0.25) is 5.82 Å². The molecule has 0 atom stereocenters. The standard InChI is InChI=1S/C3H7BOS/c1-3(2)4-6-5/h3H,1-2H3. The van der Waals surface area contributed by atoms with Crippen molar-refractivity contribution in [2.24, 2.45) is 0 Å². The molecule has 0 aliphatic rings. The Morgan fingerprint density at radius 1 is 1.67 bits per heavy atom. The molecule has 0 N–H and O–H groups in total. The monoisotopic (exact) mass is 102 g/mol. The van der Waals surface area contributed by atoms with E-state index in [2.05, 4.69) is 0 Å². The molecule has 0 spiro atoms. The van der Waals surface area contributed by atoms with Crippen molar-refractivity contribution in [1.29, 1.82) is 0 Å². The van der Waals surface area contributed by atoms with Crippen molar-refractivity contribution in [2.45, 2.75) is 19.7 Å². The van der Waals surface area contributed by atoms with Gasteiger partial charge in [-0.15, -0.1) is 0 Å². The van der Waals surface area contributed by atoms with Crippen molar-refractivity contribution in [3.63, 3.8) is 0 Å². The van der Waals surface area contributed by atoms with Gasteiger partial charge in [-0.25, -0.2) is 0 Å². The third-order valence-corrected chi connectivity index (χ3v) is 0.983. The summed E-state index contributed by atoms with van der Waals surface area (Å²) in [5.74, 6) is 0.424. The predicted molar refractivity (Wildman–Crippen MR) is 29.0 cm³/mol. The van der Waals surface area contributed by atoms with E-state index < -0.39 is 0 Å². The van der Waals surface area contributed by atoms with E-state index in [4.69, 9.17) is 0 Å². The predicted octanol–water partition coefficient (Wildman–Crippen LogP) is 0.647. The zero-order valence-electron chi connectivity index (χ0n) is 3.97. The van der Waals surface area contributed by atoms with Crippen LogP contribution in [0.25, 0.3) is 0 Å². The minimum absolute atomic E-state index is 0.424. The molecule has 0 aliphatic carbocycles. The van der Waals surface area contributed by atoms with Gasteiger partial charge in [0.15, 0.2) is 0 Å². The van der Waals surface area contributed by atoms with E-state index in [0.29, 0.717) is 16.9 Å². The molecule has 0 aromatic heterocycles. The van der Waals surface area contributed by atoms with Crippen LogP contribution >= 0.6 is 0 Å². The summed E-state index contributed by atoms with van der Waals surface area (Å²) >= 11 is 0.535. The van der Waals surface area contributed by atoms with E-state index in [1.165, 1.54) is 0 Å². The Bertz CT molecular complexity index is 74.9. The number of hydrogen-bond donors (Lipinski definition) is 0. The Kier molecular flexibility index (Phi) is 3.33. The van der Waals surface area contributed by atoms with Crippen molar-refractivity contribution in [2.75, 3.05) is 0 Å². The van der Waals surface area contributed by atoms with E-state index in [1.807, 2.05) is 13.8 Å². The summed E-state index contributed by atoms with van der Waals surface area (Å²) in [6, 6.07) is 0. The topological polar surface area (TPSA) is 17.1 Å². The summed E-state index contributed by atoms with van der Waals surface area (Å²) in [5, 5.41) is 0. The average Bonchev–Trinajstić information content (AvgIpc) is 1.35. The Balaban J connectivity index is 3.29. The summed E-state index contributed by atoms with van der Waals surface area (Å²) in [6.45, 7) is 3.95. The SMILES string of the molecule is CC(C)B=S=O. The van der Waals surface area contributed by atoms with Gasteiger partial charge in [0.2, 0.25) is 0 Å². The molecule has 0 radical (unpaired) electrons. The van der Waals surface area contributed by atoms with Gasteiger partial charge in [-0.05, 0) is 0 Å².